The second kappa shape index (κ2) is 5.49. The number of carboxylic acids is 1. The normalized spacial score (nSPS) is 31.3. The second-order valence-corrected chi connectivity index (χ2v) is 7.45. The number of ether oxygens (including phenoxy) is 1. The molecule has 2 rings (SSSR count). The summed E-state index contributed by atoms with van der Waals surface area (Å²) in [7, 11) is 0. The Hall–Kier alpha value is -1.28. The quantitative estimate of drug-likeness (QED) is 0.696. The molecule has 2 N–H and O–H groups in total. The van der Waals surface area contributed by atoms with Crippen LogP contribution >= 0.6 is 11.8 Å². The second-order valence-electron chi connectivity index (χ2n) is 5.68. The molecule has 2 amide bonds. The highest BCUT2D eigenvalue weighted by molar-refractivity contribution is 8.01. The van der Waals surface area contributed by atoms with Crippen molar-refractivity contribution < 1.29 is 24.2 Å². The van der Waals surface area contributed by atoms with Gasteiger partial charge in [0.15, 0.2) is 0 Å². The minimum absolute atomic E-state index is 0.327. The number of amides is 2. The lowest BCUT2D eigenvalue weighted by molar-refractivity contribution is -0.161. The van der Waals surface area contributed by atoms with Gasteiger partial charge in [-0.05, 0) is 27.7 Å². The first-order valence-electron chi connectivity index (χ1n) is 6.85. The molecule has 8 heteroatoms. The Bertz CT molecular complexity index is 481. The average Bonchev–Trinajstić information content (AvgIpc) is 2.64. The van der Waals surface area contributed by atoms with Gasteiger partial charge in [-0.3, -0.25) is 9.59 Å². The first kappa shape index (κ1) is 16.1. The van der Waals surface area contributed by atoms with E-state index < -0.39 is 28.9 Å². The van der Waals surface area contributed by atoms with Crippen molar-refractivity contribution in [1.29, 1.82) is 0 Å². The van der Waals surface area contributed by atoms with Gasteiger partial charge in [0.2, 0.25) is 11.8 Å². The molecular weight excluding hydrogens is 296 g/mol. The molecule has 118 valence electrons. The van der Waals surface area contributed by atoms with E-state index in [2.05, 4.69) is 5.32 Å². The largest absolute Gasteiger partial charge is 0.480 e. The van der Waals surface area contributed by atoms with Crippen molar-refractivity contribution in [2.75, 3.05) is 6.61 Å². The smallest absolute Gasteiger partial charge is 0.327 e. The summed E-state index contributed by atoms with van der Waals surface area (Å²) in [6.45, 7) is 7.40. The van der Waals surface area contributed by atoms with E-state index >= 15 is 0 Å². The van der Waals surface area contributed by atoms with E-state index in [1.807, 2.05) is 0 Å². The van der Waals surface area contributed by atoms with Crippen molar-refractivity contribution in [1.82, 2.24) is 10.2 Å². The van der Waals surface area contributed by atoms with E-state index in [9.17, 15) is 19.5 Å². The predicted octanol–water partition coefficient (Wildman–Crippen LogP) is 0.0431. The van der Waals surface area contributed by atoms with Gasteiger partial charge in [-0.1, -0.05) is 0 Å². The molecule has 0 bridgehead atoms. The molecule has 2 fully saturated rings. The molecule has 2 aliphatic heterocycles. The summed E-state index contributed by atoms with van der Waals surface area (Å²) in [4.78, 5) is 36.8. The van der Waals surface area contributed by atoms with Gasteiger partial charge in [0.1, 0.15) is 23.6 Å². The van der Waals surface area contributed by atoms with Crippen molar-refractivity contribution >= 4 is 29.5 Å². The number of hydrogen-bond donors (Lipinski definition) is 2. The zero-order chi connectivity index (χ0) is 15.9. The molecule has 2 aliphatic rings. The van der Waals surface area contributed by atoms with Crippen molar-refractivity contribution in [2.24, 2.45) is 0 Å². The third kappa shape index (κ3) is 2.62. The predicted molar refractivity (Wildman–Crippen MR) is 76.7 cm³/mol. The lowest BCUT2D eigenvalue weighted by atomic mass is 9.96. The SMILES string of the molecule is CCO[C@@H](C)C(=O)N[C@@H]1C(=O)N2[C@@H]1SC(C)(C)[C@H]2C(=O)O. The molecule has 4 atom stereocenters. The van der Waals surface area contributed by atoms with Gasteiger partial charge in [-0.2, -0.15) is 0 Å². The molecule has 0 aromatic rings. The summed E-state index contributed by atoms with van der Waals surface area (Å²) in [5.41, 5.74) is 0. The number of rotatable bonds is 5. The summed E-state index contributed by atoms with van der Waals surface area (Å²) < 4.78 is 4.60. The molecule has 0 saturated carbocycles. The monoisotopic (exact) mass is 316 g/mol. The van der Waals surface area contributed by atoms with Crippen molar-refractivity contribution in [3.8, 4) is 0 Å². The van der Waals surface area contributed by atoms with Crippen LogP contribution in [0.25, 0.3) is 0 Å². The zero-order valence-electron chi connectivity index (χ0n) is 12.5. The van der Waals surface area contributed by atoms with Gasteiger partial charge in [-0.25, -0.2) is 4.79 Å². The Morgan fingerprint density at radius 1 is 1.52 bits per heavy atom. The Kier molecular flexibility index (Phi) is 4.21. The summed E-state index contributed by atoms with van der Waals surface area (Å²) in [5, 5.41) is 11.6. The van der Waals surface area contributed by atoms with Crippen LogP contribution in [0.2, 0.25) is 0 Å². The Balaban J connectivity index is 2.06. The van der Waals surface area contributed by atoms with Crippen LogP contribution in [-0.4, -0.2) is 62.7 Å². The summed E-state index contributed by atoms with van der Waals surface area (Å²) in [5.74, 6) is -1.72. The van der Waals surface area contributed by atoms with E-state index in [4.69, 9.17) is 4.74 Å². The van der Waals surface area contributed by atoms with Gasteiger partial charge >= 0.3 is 5.97 Å². The molecule has 0 aliphatic carbocycles. The van der Waals surface area contributed by atoms with Gasteiger partial charge in [-0.15, -0.1) is 11.8 Å². The first-order valence-corrected chi connectivity index (χ1v) is 7.73. The third-order valence-corrected chi connectivity index (χ3v) is 5.33. The van der Waals surface area contributed by atoms with E-state index in [1.165, 1.54) is 16.7 Å². The highest BCUT2D eigenvalue weighted by Gasteiger charge is 2.64. The minimum Gasteiger partial charge on any atom is -0.480 e. The molecule has 2 heterocycles. The van der Waals surface area contributed by atoms with Crippen LogP contribution in [0.3, 0.4) is 0 Å². The standard InChI is InChI=1S/C13H20N2O5S/c1-5-20-6(2)9(16)14-7-10(17)15-8(12(18)19)13(3,4)21-11(7)15/h6-8,11H,5H2,1-4H3,(H,14,16)(H,18,19)/t6-,7+,8+,11+/m0/s1. The molecule has 2 saturated heterocycles. The number of nitrogens with zero attached hydrogens (tertiary/aromatic N) is 1. The molecule has 0 radical (unpaired) electrons. The molecule has 0 aromatic heterocycles. The Labute approximate surface area is 127 Å². The Morgan fingerprint density at radius 3 is 2.67 bits per heavy atom. The van der Waals surface area contributed by atoms with Crippen LogP contribution in [-0.2, 0) is 19.1 Å². The lowest BCUT2D eigenvalue weighted by Crippen LogP contribution is -2.71. The number of hydrogen-bond acceptors (Lipinski definition) is 5. The number of carboxylic acid groups (broad SMARTS) is 1. The summed E-state index contributed by atoms with van der Waals surface area (Å²) >= 11 is 1.40. The van der Waals surface area contributed by atoms with Crippen molar-refractivity contribution in [3.05, 3.63) is 0 Å². The van der Waals surface area contributed by atoms with E-state index in [-0.39, 0.29) is 17.2 Å². The molecular formula is C13H20N2O5S. The third-order valence-electron chi connectivity index (χ3n) is 3.76. The highest BCUT2D eigenvalue weighted by atomic mass is 32.2. The minimum atomic E-state index is -1.02. The fourth-order valence-corrected chi connectivity index (χ4v) is 4.37. The Morgan fingerprint density at radius 2 is 2.14 bits per heavy atom. The van der Waals surface area contributed by atoms with Gasteiger partial charge < -0.3 is 20.1 Å². The number of aliphatic carboxylic acids is 1. The fraction of sp³-hybridized carbons (Fsp3) is 0.769. The summed E-state index contributed by atoms with van der Waals surface area (Å²) in [6.07, 6.45) is -0.633. The maximum atomic E-state index is 12.2. The van der Waals surface area contributed by atoms with Crippen LogP contribution in [0.4, 0.5) is 0 Å². The summed E-state index contributed by atoms with van der Waals surface area (Å²) in [6, 6.07) is -1.54. The lowest BCUT2D eigenvalue weighted by Gasteiger charge is -2.43. The van der Waals surface area contributed by atoms with E-state index in [1.54, 1.807) is 27.7 Å². The number of carbonyl (C=O) groups is 3. The number of fused-ring (bicyclic) bond motifs is 1. The molecule has 0 unspecified atom stereocenters. The number of β-lactam (4-membered cyclic amide) rings is 1. The molecule has 21 heavy (non-hydrogen) atoms. The van der Waals surface area contributed by atoms with Crippen LogP contribution < -0.4 is 5.32 Å². The van der Waals surface area contributed by atoms with Crippen LogP contribution in [0.5, 0.6) is 0 Å². The highest BCUT2D eigenvalue weighted by Crippen LogP contribution is 2.50. The van der Waals surface area contributed by atoms with E-state index in [0.29, 0.717) is 6.61 Å². The molecule has 7 nitrogen and oxygen atoms in total. The van der Waals surface area contributed by atoms with Crippen molar-refractivity contribution in [2.45, 2.75) is 56.0 Å². The van der Waals surface area contributed by atoms with Gasteiger partial charge in [0, 0.05) is 11.4 Å². The van der Waals surface area contributed by atoms with Crippen LogP contribution in [0.15, 0.2) is 0 Å². The van der Waals surface area contributed by atoms with Crippen molar-refractivity contribution in [3.63, 3.8) is 0 Å². The van der Waals surface area contributed by atoms with Crippen LogP contribution in [0.1, 0.15) is 27.7 Å². The number of carbonyl (C=O) groups excluding carboxylic acids is 2. The maximum absolute atomic E-state index is 12.2. The number of nitrogens with one attached hydrogen (secondary N) is 1. The topological polar surface area (TPSA) is 95.9 Å². The van der Waals surface area contributed by atoms with E-state index in [0.717, 1.165) is 0 Å². The van der Waals surface area contributed by atoms with Gasteiger partial charge in [0.05, 0.1) is 0 Å². The maximum Gasteiger partial charge on any atom is 0.327 e. The zero-order valence-corrected chi connectivity index (χ0v) is 13.3. The molecule has 0 spiro atoms. The average molecular weight is 316 g/mol. The van der Waals surface area contributed by atoms with Crippen LogP contribution in [0, 0.1) is 0 Å². The first-order chi connectivity index (χ1) is 9.70. The number of thioether (sulfide) groups is 1. The fourth-order valence-electron chi connectivity index (χ4n) is 2.74. The molecule has 0 aromatic carbocycles. The van der Waals surface area contributed by atoms with Gasteiger partial charge in [0.25, 0.3) is 0 Å².